The van der Waals surface area contributed by atoms with Gasteiger partial charge < -0.3 is 4.42 Å². The summed E-state index contributed by atoms with van der Waals surface area (Å²) in [6.07, 6.45) is 0. The Hall–Kier alpha value is -1.50. The Balaban J connectivity index is 1.57. The Bertz CT molecular complexity index is 744. The number of nitrogens with zero attached hydrogens (tertiary/aromatic N) is 2. The van der Waals surface area contributed by atoms with Crippen LogP contribution < -0.4 is 0 Å². The molecule has 0 spiro atoms. The lowest BCUT2D eigenvalue weighted by Crippen LogP contribution is -1.67. The summed E-state index contributed by atoms with van der Waals surface area (Å²) in [6.45, 7) is 0. The van der Waals surface area contributed by atoms with Crippen LogP contribution in [0.3, 0.4) is 0 Å². The fourth-order valence-corrected chi connectivity index (χ4v) is 4.85. The van der Waals surface area contributed by atoms with E-state index in [9.17, 15) is 0 Å². The van der Waals surface area contributed by atoms with Crippen molar-refractivity contribution < 1.29 is 4.42 Å². The second-order valence-electron chi connectivity index (χ2n) is 4.06. The predicted molar refractivity (Wildman–Crippen MR) is 85.3 cm³/mol. The molecule has 0 aliphatic carbocycles. The van der Waals surface area contributed by atoms with E-state index in [2.05, 4.69) is 16.0 Å². The van der Waals surface area contributed by atoms with Gasteiger partial charge in [-0.25, -0.2) is 9.97 Å². The first-order chi connectivity index (χ1) is 9.88. The minimum absolute atomic E-state index is 0.662. The second-order valence-corrected chi connectivity index (χ2v) is 7.42. The molecule has 6 heteroatoms. The largest absolute Gasteiger partial charge is 0.431 e. The lowest BCUT2D eigenvalue weighted by molar-refractivity contribution is 0.491. The summed E-state index contributed by atoms with van der Waals surface area (Å²) in [4.78, 5) is 9.01. The van der Waals surface area contributed by atoms with Crippen LogP contribution in [0.1, 0.15) is 0 Å². The number of benzene rings is 2. The molecule has 0 fully saturated rings. The van der Waals surface area contributed by atoms with Crippen molar-refractivity contribution in [3.05, 3.63) is 48.5 Å². The topological polar surface area (TPSA) is 38.9 Å². The number of hydrogen-bond donors (Lipinski definition) is 0. The van der Waals surface area contributed by atoms with Crippen molar-refractivity contribution in [1.82, 2.24) is 9.97 Å². The first kappa shape index (κ1) is 12.3. The van der Waals surface area contributed by atoms with E-state index in [1.54, 1.807) is 22.1 Å². The van der Waals surface area contributed by atoms with Crippen molar-refractivity contribution in [3.63, 3.8) is 0 Å². The predicted octanol–water partition coefficient (Wildman–Crippen LogP) is 5.24. The van der Waals surface area contributed by atoms with Gasteiger partial charge in [0.1, 0.15) is 5.52 Å². The SMILES string of the molecule is c1ccc2oc(SSc3nc4ccccc4s3)nc2c1. The summed E-state index contributed by atoms with van der Waals surface area (Å²) in [5.41, 5.74) is 2.75. The lowest BCUT2D eigenvalue weighted by Gasteiger charge is -1.89. The molecule has 3 nitrogen and oxygen atoms in total. The van der Waals surface area contributed by atoms with Crippen molar-refractivity contribution in [2.75, 3.05) is 0 Å². The smallest absolute Gasteiger partial charge is 0.268 e. The Labute approximate surface area is 126 Å². The molecule has 0 radical (unpaired) electrons. The molecule has 0 unspecified atom stereocenters. The van der Waals surface area contributed by atoms with Crippen LogP contribution in [-0.2, 0) is 0 Å². The van der Waals surface area contributed by atoms with E-state index in [1.807, 2.05) is 42.5 Å². The highest BCUT2D eigenvalue weighted by atomic mass is 33.1. The second kappa shape index (κ2) is 5.12. The van der Waals surface area contributed by atoms with Crippen LogP contribution in [0.5, 0.6) is 0 Å². The number of para-hydroxylation sites is 3. The first-order valence-electron chi connectivity index (χ1n) is 5.94. The molecule has 4 aromatic rings. The van der Waals surface area contributed by atoms with E-state index in [0.717, 1.165) is 21.0 Å². The van der Waals surface area contributed by atoms with Gasteiger partial charge in [-0.1, -0.05) is 24.3 Å². The third kappa shape index (κ3) is 2.30. The number of fused-ring (bicyclic) bond motifs is 2. The highest BCUT2D eigenvalue weighted by molar-refractivity contribution is 8.77. The Morgan fingerprint density at radius 3 is 2.50 bits per heavy atom. The van der Waals surface area contributed by atoms with Crippen molar-refractivity contribution in [2.45, 2.75) is 9.56 Å². The van der Waals surface area contributed by atoms with Gasteiger partial charge in [-0.3, -0.25) is 0 Å². The maximum absolute atomic E-state index is 5.67. The van der Waals surface area contributed by atoms with E-state index in [0.29, 0.717) is 5.22 Å². The number of thiazole rings is 1. The maximum Gasteiger partial charge on any atom is 0.268 e. The van der Waals surface area contributed by atoms with Gasteiger partial charge in [-0.15, -0.1) is 11.3 Å². The van der Waals surface area contributed by atoms with Gasteiger partial charge in [0, 0.05) is 10.8 Å². The van der Waals surface area contributed by atoms with Gasteiger partial charge in [0.25, 0.3) is 5.22 Å². The molecule has 2 heterocycles. The van der Waals surface area contributed by atoms with Crippen LogP contribution >= 0.6 is 32.9 Å². The number of rotatable bonds is 3. The Morgan fingerprint density at radius 2 is 1.65 bits per heavy atom. The summed E-state index contributed by atoms with van der Waals surface area (Å²) in [6, 6.07) is 15.9. The molecule has 0 saturated heterocycles. The van der Waals surface area contributed by atoms with Gasteiger partial charge in [-0.05, 0) is 35.1 Å². The quantitative estimate of drug-likeness (QED) is 0.483. The highest BCUT2D eigenvalue weighted by Crippen LogP contribution is 2.41. The Kier molecular flexibility index (Phi) is 3.14. The van der Waals surface area contributed by atoms with Crippen molar-refractivity contribution in [2.24, 2.45) is 0 Å². The van der Waals surface area contributed by atoms with Gasteiger partial charge >= 0.3 is 0 Å². The van der Waals surface area contributed by atoms with Crippen LogP contribution in [0.2, 0.25) is 0 Å². The summed E-state index contributed by atoms with van der Waals surface area (Å²) >= 11 is 1.68. The molecule has 0 bridgehead atoms. The zero-order valence-electron chi connectivity index (χ0n) is 10.1. The van der Waals surface area contributed by atoms with E-state index >= 15 is 0 Å². The van der Waals surface area contributed by atoms with Gasteiger partial charge in [0.05, 0.1) is 10.2 Å². The lowest BCUT2D eigenvalue weighted by atomic mass is 10.3. The zero-order chi connectivity index (χ0) is 13.4. The molecule has 98 valence electrons. The molecular weight excluding hydrogens is 308 g/mol. The minimum atomic E-state index is 0.662. The monoisotopic (exact) mass is 316 g/mol. The summed E-state index contributed by atoms with van der Waals surface area (Å²) in [5, 5.41) is 0.662. The van der Waals surface area contributed by atoms with E-state index < -0.39 is 0 Å². The Morgan fingerprint density at radius 1 is 0.850 bits per heavy atom. The van der Waals surface area contributed by atoms with Crippen LogP contribution in [0.15, 0.2) is 62.5 Å². The normalized spacial score (nSPS) is 11.4. The van der Waals surface area contributed by atoms with Crippen LogP contribution in [-0.4, -0.2) is 9.97 Å². The third-order valence-electron chi connectivity index (χ3n) is 2.73. The molecular formula is C14H8N2OS3. The molecule has 2 aromatic heterocycles. The van der Waals surface area contributed by atoms with E-state index in [-0.39, 0.29) is 0 Å². The fraction of sp³-hybridized carbons (Fsp3) is 0. The number of oxazole rings is 1. The average Bonchev–Trinajstić information content (AvgIpc) is 3.07. The molecule has 4 rings (SSSR count). The molecule has 0 aliphatic rings. The standard InChI is InChI=1S/C14H8N2OS3/c1-3-7-11-9(5-1)15-13(17-11)19-20-14-16-10-6-2-4-8-12(10)18-14/h1-8H. The van der Waals surface area contributed by atoms with Crippen molar-refractivity contribution >= 4 is 54.2 Å². The van der Waals surface area contributed by atoms with E-state index in [4.69, 9.17) is 4.42 Å². The first-order valence-corrected chi connectivity index (χ1v) is 8.91. The zero-order valence-corrected chi connectivity index (χ0v) is 12.6. The average molecular weight is 316 g/mol. The van der Waals surface area contributed by atoms with Gasteiger partial charge in [0.2, 0.25) is 0 Å². The third-order valence-corrected chi connectivity index (χ3v) is 6.17. The molecule has 0 aliphatic heterocycles. The molecule has 0 atom stereocenters. The van der Waals surface area contributed by atoms with E-state index in [1.165, 1.54) is 15.5 Å². The van der Waals surface area contributed by atoms with Gasteiger partial charge in [-0.2, -0.15) is 0 Å². The number of aromatic nitrogens is 2. The van der Waals surface area contributed by atoms with Crippen LogP contribution in [0.4, 0.5) is 0 Å². The molecule has 20 heavy (non-hydrogen) atoms. The van der Waals surface area contributed by atoms with Crippen molar-refractivity contribution in [3.8, 4) is 0 Å². The molecule has 0 saturated carbocycles. The maximum atomic E-state index is 5.67. The molecule has 0 amide bonds. The minimum Gasteiger partial charge on any atom is -0.431 e. The van der Waals surface area contributed by atoms with Crippen molar-refractivity contribution in [1.29, 1.82) is 0 Å². The van der Waals surface area contributed by atoms with Crippen LogP contribution in [0, 0.1) is 0 Å². The fourth-order valence-electron chi connectivity index (χ4n) is 1.84. The summed E-state index contributed by atoms with van der Waals surface area (Å²) in [7, 11) is 3.08. The summed E-state index contributed by atoms with van der Waals surface area (Å²) in [5.74, 6) is 0. The molecule has 2 aromatic carbocycles. The highest BCUT2D eigenvalue weighted by Gasteiger charge is 2.09. The summed E-state index contributed by atoms with van der Waals surface area (Å²) < 4.78 is 7.89. The molecule has 0 N–H and O–H groups in total. The number of hydrogen-bond acceptors (Lipinski definition) is 6. The van der Waals surface area contributed by atoms with Gasteiger partial charge in [0.15, 0.2) is 9.92 Å². The van der Waals surface area contributed by atoms with Crippen LogP contribution in [0.25, 0.3) is 21.3 Å².